The largest absolute Gasteiger partial charge is 0.351 e. The van der Waals surface area contributed by atoms with Gasteiger partial charge in [0.2, 0.25) is 0 Å². The van der Waals surface area contributed by atoms with E-state index in [1.165, 1.54) is 0 Å². The Morgan fingerprint density at radius 3 is 2.27 bits per heavy atom. The van der Waals surface area contributed by atoms with Crippen LogP contribution in [0.25, 0.3) is 6.08 Å². The van der Waals surface area contributed by atoms with Gasteiger partial charge in [-0.15, -0.1) is 0 Å². The van der Waals surface area contributed by atoms with Gasteiger partial charge >= 0.3 is 0 Å². The standard InChI is InChI=1S/C22H24N2O2/c1-2-3-17-23-22(26)20(16-10-13-18-11-6-4-7-12-18)24-21(25)19-14-8-5-9-15-19/h4-16H,2-3,17H2,1H3,(H,23,26)(H,24,25)/b13-10-,20-16+. The minimum absolute atomic E-state index is 0.224. The molecule has 0 saturated carbocycles. The van der Waals surface area contributed by atoms with E-state index in [1.807, 2.05) is 42.5 Å². The number of nitrogens with one attached hydrogen (secondary N) is 2. The molecule has 0 bridgehead atoms. The molecule has 2 N–H and O–H groups in total. The maximum Gasteiger partial charge on any atom is 0.267 e. The van der Waals surface area contributed by atoms with Crippen molar-refractivity contribution in [2.24, 2.45) is 0 Å². The molecule has 0 radical (unpaired) electrons. The first-order valence-electron chi connectivity index (χ1n) is 8.78. The van der Waals surface area contributed by atoms with Crippen LogP contribution in [-0.4, -0.2) is 18.4 Å². The fourth-order valence-electron chi connectivity index (χ4n) is 2.25. The number of hydrogen-bond acceptors (Lipinski definition) is 2. The van der Waals surface area contributed by atoms with Crippen molar-refractivity contribution in [2.45, 2.75) is 19.8 Å². The van der Waals surface area contributed by atoms with Gasteiger partial charge in [-0.1, -0.05) is 74.0 Å². The van der Waals surface area contributed by atoms with Gasteiger partial charge in [0.1, 0.15) is 5.70 Å². The van der Waals surface area contributed by atoms with Crippen LogP contribution in [0, 0.1) is 0 Å². The molecule has 0 aromatic heterocycles. The van der Waals surface area contributed by atoms with Gasteiger partial charge in [-0.2, -0.15) is 0 Å². The number of benzene rings is 2. The zero-order valence-corrected chi connectivity index (χ0v) is 14.9. The van der Waals surface area contributed by atoms with Crippen molar-refractivity contribution in [3.63, 3.8) is 0 Å². The Morgan fingerprint density at radius 2 is 1.62 bits per heavy atom. The number of rotatable bonds is 8. The summed E-state index contributed by atoms with van der Waals surface area (Å²) < 4.78 is 0. The number of unbranched alkanes of at least 4 members (excludes halogenated alkanes) is 1. The molecule has 2 amide bonds. The highest BCUT2D eigenvalue weighted by atomic mass is 16.2. The third kappa shape index (κ3) is 6.40. The Balaban J connectivity index is 2.12. The van der Waals surface area contributed by atoms with E-state index < -0.39 is 0 Å². The lowest BCUT2D eigenvalue weighted by Gasteiger charge is -2.10. The van der Waals surface area contributed by atoms with Crippen LogP contribution < -0.4 is 10.6 Å². The predicted octanol–water partition coefficient (Wildman–Crippen LogP) is 3.93. The van der Waals surface area contributed by atoms with Crippen LogP contribution in [0.2, 0.25) is 0 Å². The highest BCUT2D eigenvalue weighted by Crippen LogP contribution is 2.04. The lowest BCUT2D eigenvalue weighted by Crippen LogP contribution is -2.35. The Bertz CT molecular complexity index is 765. The van der Waals surface area contributed by atoms with Gasteiger partial charge in [0.15, 0.2) is 0 Å². The number of carbonyl (C=O) groups is 2. The van der Waals surface area contributed by atoms with Crippen molar-refractivity contribution in [1.29, 1.82) is 0 Å². The molecule has 0 heterocycles. The molecule has 134 valence electrons. The van der Waals surface area contributed by atoms with Crippen molar-refractivity contribution in [3.8, 4) is 0 Å². The van der Waals surface area contributed by atoms with E-state index in [1.54, 1.807) is 36.4 Å². The SMILES string of the molecule is CCCCNC(=O)/C(=C\C=C/c1ccccc1)NC(=O)c1ccccc1. The molecular formula is C22H24N2O2. The van der Waals surface area contributed by atoms with Gasteiger partial charge in [-0.05, 0) is 30.2 Å². The van der Waals surface area contributed by atoms with Crippen LogP contribution in [0.5, 0.6) is 0 Å². The summed E-state index contributed by atoms with van der Waals surface area (Å²) in [6.45, 7) is 2.64. The second-order valence-corrected chi connectivity index (χ2v) is 5.78. The lowest BCUT2D eigenvalue weighted by atomic mass is 10.2. The van der Waals surface area contributed by atoms with Crippen LogP contribution in [0.3, 0.4) is 0 Å². The van der Waals surface area contributed by atoms with Gasteiger partial charge in [-0.25, -0.2) is 0 Å². The Labute approximate surface area is 154 Å². The Morgan fingerprint density at radius 1 is 0.962 bits per heavy atom. The summed E-state index contributed by atoms with van der Waals surface area (Å²) in [5.74, 6) is -0.601. The number of carbonyl (C=O) groups excluding carboxylic acids is 2. The van der Waals surface area contributed by atoms with Gasteiger partial charge in [0.25, 0.3) is 11.8 Å². The maximum absolute atomic E-state index is 12.4. The number of allylic oxidation sites excluding steroid dienone is 2. The van der Waals surface area contributed by atoms with Crippen molar-refractivity contribution in [1.82, 2.24) is 10.6 Å². The van der Waals surface area contributed by atoms with E-state index in [9.17, 15) is 9.59 Å². The van der Waals surface area contributed by atoms with Gasteiger partial charge < -0.3 is 10.6 Å². The van der Waals surface area contributed by atoms with E-state index in [4.69, 9.17) is 0 Å². The van der Waals surface area contributed by atoms with Crippen LogP contribution in [0.4, 0.5) is 0 Å². The van der Waals surface area contributed by atoms with Crippen LogP contribution >= 0.6 is 0 Å². The predicted molar refractivity (Wildman–Crippen MR) is 105 cm³/mol. The molecule has 2 rings (SSSR count). The van der Waals surface area contributed by atoms with Crippen LogP contribution in [-0.2, 0) is 4.79 Å². The summed E-state index contributed by atoms with van der Waals surface area (Å²) in [5.41, 5.74) is 1.75. The molecule has 0 saturated heterocycles. The van der Waals surface area contributed by atoms with E-state index in [0.717, 1.165) is 18.4 Å². The fraction of sp³-hybridized carbons (Fsp3) is 0.182. The molecule has 0 spiro atoms. The molecule has 2 aromatic carbocycles. The molecule has 4 heteroatoms. The number of amides is 2. The summed E-state index contributed by atoms with van der Waals surface area (Å²) in [4.78, 5) is 24.8. The van der Waals surface area contributed by atoms with Gasteiger partial charge in [0, 0.05) is 12.1 Å². The molecule has 2 aromatic rings. The number of hydrogen-bond donors (Lipinski definition) is 2. The first kappa shape index (κ1) is 19.2. The van der Waals surface area contributed by atoms with E-state index in [-0.39, 0.29) is 17.5 Å². The molecular weight excluding hydrogens is 324 g/mol. The average Bonchev–Trinajstić information content (AvgIpc) is 2.68. The summed E-state index contributed by atoms with van der Waals surface area (Å²) >= 11 is 0. The molecule has 0 unspecified atom stereocenters. The second kappa shape index (κ2) is 10.7. The lowest BCUT2D eigenvalue weighted by molar-refractivity contribution is -0.117. The second-order valence-electron chi connectivity index (χ2n) is 5.78. The molecule has 26 heavy (non-hydrogen) atoms. The molecule has 0 fully saturated rings. The molecule has 4 nitrogen and oxygen atoms in total. The van der Waals surface area contributed by atoms with E-state index >= 15 is 0 Å². The topological polar surface area (TPSA) is 58.2 Å². The highest BCUT2D eigenvalue weighted by Gasteiger charge is 2.13. The van der Waals surface area contributed by atoms with Crippen LogP contribution in [0.1, 0.15) is 35.7 Å². The normalized spacial score (nSPS) is 11.3. The first-order chi connectivity index (χ1) is 12.7. The summed E-state index contributed by atoms with van der Waals surface area (Å²) in [5, 5.41) is 5.54. The van der Waals surface area contributed by atoms with Crippen molar-refractivity contribution >= 4 is 17.9 Å². The van der Waals surface area contributed by atoms with E-state index in [2.05, 4.69) is 17.6 Å². The summed E-state index contributed by atoms with van der Waals surface area (Å²) in [7, 11) is 0. The zero-order chi connectivity index (χ0) is 18.6. The first-order valence-corrected chi connectivity index (χ1v) is 8.78. The third-order valence-corrected chi connectivity index (χ3v) is 3.70. The minimum Gasteiger partial charge on any atom is -0.351 e. The molecule has 0 aliphatic heterocycles. The molecule has 0 atom stereocenters. The average molecular weight is 348 g/mol. The molecule has 0 aliphatic carbocycles. The van der Waals surface area contributed by atoms with Crippen LogP contribution in [0.15, 0.2) is 78.5 Å². The minimum atomic E-state index is -0.310. The summed E-state index contributed by atoms with van der Waals surface area (Å²) in [6.07, 6.45) is 7.15. The third-order valence-electron chi connectivity index (χ3n) is 3.70. The molecule has 0 aliphatic rings. The van der Waals surface area contributed by atoms with E-state index in [0.29, 0.717) is 12.1 Å². The Kier molecular flexibility index (Phi) is 7.87. The van der Waals surface area contributed by atoms with Crippen molar-refractivity contribution in [3.05, 3.63) is 89.6 Å². The monoisotopic (exact) mass is 348 g/mol. The fourth-order valence-corrected chi connectivity index (χ4v) is 2.25. The zero-order valence-electron chi connectivity index (χ0n) is 14.9. The quantitative estimate of drug-likeness (QED) is 0.431. The van der Waals surface area contributed by atoms with Gasteiger partial charge in [0.05, 0.1) is 0 Å². The van der Waals surface area contributed by atoms with Crippen molar-refractivity contribution < 1.29 is 9.59 Å². The van der Waals surface area contributed by atoms with Crippen molar-refractivity contribution in [2.75, 3.05) is 6.54 Å². The highest BCUT2D eigenvalue weighted by molar-refractivity contribution is 6.03. The smallest absolute Gasteiger partial charge is 0.267 e. The maximum atomic E-state index is 12.4. The Hall–Kier alpha value is -3.14. The van der Waals surface area contributed by atoms with Gasteiger partial charge in [-0.3, -0.25) is 9.59 Å². The summed E-state index contributed by atoms with van der Waals surface area (Å²) in [6, 6.07) is 18.6.